The van der Waals surface area contributed by atoms with Gasteiger partial charge in [0.2, 0.25) is 0 Å². The van der Waals surface area contributed by atoms with Gasteiger partial charge in [-0.1, -0.05) is 0 Å². The second kappa shape index (κ2) is 4.29. The molecule has 1 aromatic heterocycles. The number of aliphatic hydroxyl groups is 1. The Morgan fingerprint density at radius 3 is 2.29 bits per heavy atom. The number of rotatable bonds is 4. The number of nitro groups is 1. The molecule has 0 saturated carbocycles. The zero-order valence-corrected chi connectivity index (χ0v) is 10.4. The van der Waals surface area contributed by atoms with E-state index in [4.69, 9.17) is 0 Å². The Kier molecular flexibility index (Phi) is 3.38. The highest BCUT2D eigenvalue weighted by Gasteiger charge is 2.35. The Morgan fingerprint density at radius 2 is 1.94 bits per heavy atom. The highest BCUT2D eigenvalue weighted by atomic mass is 16.6. The van der Waals surface area contributed by atoms with E-state index >= 15 is 0 Å². The Morgan fingerprint density at radius 1 is 1.35 bits per heavy atom. The molecule has 1 rings (SSSR count). The van der Waals surface area contributed by atoms with Gasteiger partial charge in [-0.15, -0.1) is 0 Å². The molecule has 94 valence electrons. The maximum Gasteiger partial charge on any atom is 0.287 e. The molecule has 1 aromatic rings. The van der Waals surface area contributed by atoms with Crippen LogP contribution in [0.3, 0.4) is 0 Å². The third-order valence-corrected chi connectivity index (χ3v) is 2.93. The second-order valence-electron chi connectivity index (χ2n) is 4.97. The third kappa shape index (κ3) is 3.13. The fourth-order valence-corrected chi connectivity index (χ4v) is 1.04. The SMILES string of the molecule is CC(C)(O)C(C)(C)Nc1ccc([N+](=O)[O-])cn1. The van der Waals surface area contributed by atoms with Crippen molar-refractivity contribution < 1.29 is 10.0 Å². The molecule has 1 heterocycles. The average molecular weight is 239 g/mol. The lowest BCUT2D eigenvalue weighted by molar-refractivity contribution is -0.385. The summed E-state index contributed by atoms with van der Waals surface area (Å²) < 4.78 is 0. The maximum atomic E-state index is 10.5. The third-order valence-electron chi connectivity index (χ3n) is 2.93. The van der Waals surface area contributed by atoms with Crippen molar-refractivity contribution in [3.63, 3.8) is 0 Å². The summed E-state index contributed by atoms with van der Waals surface area (Å²) >= 11 is 0. The highest BCUT2D eigenvalue weighted by molar-refractivity contribution is 5.42. The summed E-state index contributed by atoms with van der Waals surface area (Å²) in [5.41, 5.74) is -1.61. The van der Waals surface area contributed by atoms with Crippen molar-refractivity contribution in [1.82, 2.24) is 4.98 Å². The number of hydrogen-bond acceptors (Lipinski definition) is 5. The van der Waals surface area contributed by atoms with Gasteiger partial charge in [0.25, 0.3) is 5.69 Å². The first kappa shape index (κ1) is 13.4. The van der Waals surface area contributed by atoms with Gasteiger partial charge in [-0.05, 0) is 33.8 Å². The largest absolute Gasteiger partial charge is 0.388 e. The smallest absolute Gasteiger partial charge is 0.287 e. The van der Waals surface area contributed by atoms with E-state index in [0.717, 1.165) is 0 Å². The molecule has 0 spiro atoms. The fraction of sp³-hybridized carbons (Fsp3) is 0.545. The normalized spacial score (nSPS) is 12.3. The van der Waals surface area contributed by atoms with Crippen LogP contribution in [-0.2, 0) is 0 Å². The lowest BCUT2D eigenvalue weighted by atomic mass is 9.86. The molecule has 0 aliphatic rings. The number of aromatic nitrogens is 1. The van der Waals surface area contributed by atoms with E-state index in [9.17, 15) is 15.2 Å². The molecular weight excluding hydrogens is 222 g/mol. The standard InChI is InChI=1S/C11H17N3O3/c1-10(2,11(3,4)15)13-9-6-5-8(7-12-9)14(16)17/h5-7,15H,1-4H3,(H,12,13). The number of anilines is 1. The van der Waals surface area contributed by atoms with Crippen LogP contribution in [0, 0.1) is 10.1 Å². The van der Waals surface area contributed by atoms with E-state index in [1.165, 1.54) is 18.3 Å². The highest BCUT2D eigenvalue weighted by Crippen LogP contribution is 2.25. The molecule has 0 aliphatic heterocycles. The van der Waals surface area contributed by atoms with Gasteiger partial charge in [0.1, 0.15) is 12.0 Å². The van der Waals surface area contributed by atoms with Gasteiger partial charge in [0.05, 0.1) is 16.1 Å². The van der Waals surface area contributed by atoms with E-state index in [0.29, 0.717) is 5.82 Å². The average Bonchev–Trinajstić information content (AvgIpc) is 2.16. The zero-order chi connectivity index (χ0) is 13.3. The summed E-state index contributed by atoms with van der Waals surface area (Å²) in [5.74, 6) is 0.489. The van der Waals surface area contributed by atoms with E-state index in [-0.39, 0.29) is 5.69 Å². The van der Waals surface area contributed by atoms with Crippen molar-refractivity contribution in [2.45, 2.75) is 38.8 Å². The monoisotopic (exact) mass is 239 g/mol. The molecule has 17 heavy (non-hydrogen) atoms. The lowest BCUT2D eigenvalue weighted by Crippen LogP contribution is -2.51. The predicted octanol–water partition coefficient (Wildman–Crippen LogP) is 1.95. The van der Waals surface area contributed by atoms with Crippen molar-refractivity contribution in [3.05, 3.63) is 28.4 Å². The molecular formula is C11H17N3O3. The molecule has 6 nitrogen and oxygen atoms in total. The molecule has 0 aliphatic carbocycles. The molecule has 2 N–H and O–H groups in total. The number of pyridine rings is 1. The first-order valence-corrected chi connectivity index (χ1v) is 5.24. The van der Waals surface area contributed by atoms with E-state index in [1.807, 2.05) is 13.8 Å². The van der Waals surface area contributed by atoms with Gasteiger partial charge in [-0.25, -0.2) is 4.98 Å². The minimum atomic E-state index is -0.948. The maximum absolute atomic E-state index is 10.5. The van der Waals surface area contributed by atoms with Crippen LogP contribution in [0.15, 0.2) is 18.3 Å². The number of hydrogen-bond donors (Lipinski definition) is 2. The fourth-order valence-electron chi connectivity index (χ4n) is 1.04. The lowest BCUT2D eigenvalue weighted by Gasteiger charge is -2.38. The zero-order valence-electron chi connectivity index (χ0n) is 10.4. The Hall–Kier alpha value is -1.69. The summed E-state index contributed by atoms with van der Waals surface area (Å²) in [4.78, 5) is 13.9. The summed E-state index contributed by atoms with van der Waals surface area (Å²) in [6.45, 7) is 7.03. The van der Waals surface area contributed by atoms with Crippen LogP contribution in [0.4, 0.5) is 11.5 Å². The molecule has 0 bridgehead atoms. The Bertz CT molecular complexity index is 407. The van der Waals surface area contributed by atoms with Crippen LogP contribution in [0.5, 0.6) is 0 Å². The Balaban J connectivity index is 2.86. The first-order valence-electron chi connectivity index (χ1n) is 5.24. The predicted molar refractivity (Wildman–Crippen MR) is 64.9 cm³/mol. The van der Waals surface area contributed by atoms with E-state index in [1.54, 1.807) is 13.8 Å². The van der Waals surface area contributed by atoms with Gasteiger partial charge in [-0.3, -0.25) is 10.1 Å². The van der Waals surface area contributed by atoms with Gasteiger partial charge < -0.3 is 10.4 Å². The van der Waals surface area contributed by atoms with Crippen molar-refractivity contribution in [2.75, 3.05) is 5.32 Å². The topological polar surface area (TPSA) is 88.3 Å². The minimum Gasteiger partial charge on any atom is -0.388 e. The molecule has 0 saturated heterocycles. The van der Waals surface area contributed by atoms with Gasteiger partial charge in [0.15, 0.2) is 0 Å². The van der Waals surface area contributed by atoms with Gasteiger partial charge in [-0.2, -0.15) is 0 Å². The van der Waals surface area contributed by atoms with Crippen molar-refractivity contribution in [3.8, 4) is 0 Å². The number of nitrogens with zero attached hydrogens (tertiary/aromatic N) is 2. The van der Waals surface area contributed by atoms with Crippen LogP contribution in [-0.4, -0.2) is 26.2 Å². The molecule has 0 radical (unpaired) electrons. The molecule has 0 fully saturated rings. The van der Waals surface area contributed by atoms with Crippen LogP contribution in [0.2, 0.25) is 0 Å². The summed E-state index contributed by atoms with van der Waals surface area (Å²) in [5, 5.41) is 23.5. The van der Waals surface area contributed by atoms with Crippen molar-refractivity contribution >= 4 is 11.5 Å². The molecule has 0 aromatic carbocycles. The van der Waals surface area contributed by atoms with Gasteiger partial charge in [0, 0.05) is 6.07 Å². The van der Waals surface area contributed by atoms with Crippen LogP contribution in [0.1, 0.15) is 27.7 Å². The molecule has 0 unspecified atom stereocenters. The van der Waals surface area contributed by atoms with E-state index < -0.39 is 16.1 Å². The second-order valence-corrected chi connectivity index (χ2v) is 4.97. The molecule has 6 heteroatoms. The summed E-state index contributed by atoms with van der Waals surface area (Å²) in [6.07, 6.45) is 1.18. The van der Waals surface area contributed by atoms with Crippen LogP contribution in [0.25, 0.3) is 0 Å². The molecule has 0 atom stereocenters. The minimum absolute atomic E-state index is 0.0587. The number of nitrogens with one attached hydrogen (secondary N) is 1. The first-order chi connectivity index (χ1) is 7.63. The van der Waals surface area contributed by atoms with Crippen molar-refractivity contribution in [1.29, 1.82) is 0 Å². The summed E-state index contributed by atoms with van der Waals surface area (Å²) in [6, 6.07) is 2.89. The van der Waals surface area contributed by atoms with Crippen molar-refractivity contribution in [2.24, 2.45) is 0 Å². The van der Waals surface area contributed by atoms with Gasteiger partial charge >= 0.3 is 0 Å². The van der Waals surface area contributed by atoms with Crippen LogP contribution >= 0.6 is 0 Å². The van der Waals surface area contributed by atoms with Crippen LogP contribution < -0.4 is 5.32 Å². The molecule has 0 amide bonds. The summed E-state index contributed by atoms with van der Waals surface area (Å²) in [7, 11) is 0. The Labute approximate surface area is 99.8 Å². The van der Waals surface area contributed by atoms with E-state index in [2.05, 4.69) is 10.3 Å². The quantitative estimate of drug-likeness (QED) is 0.619.